The summed E-state index contributed by atoms with van der Waals surface area (Å²) in [5, 5.41) is 6.90. The first kappa shape index (κ1) is 12.7. The zero-order valence-electron chi connectivity index (χ0n) is 9.80. The molecule has 6 nitrogen and oxygen atoms in total. The van der Waals surface area contributed by atoms with Crippen LogP contribution in [0.4, 0.5) is 0 Å². The second-order valence-electron chi connectivity index (χ2n) is 3.69. The van der Waals surface area contributed by atoms with Crippen molar-refractivity contribution >= 4 is 21.8 Å². The van der Waals surface area contributed by atoms with Gasteiger partial charge in [-0.1, -0.05) is 6.07 Å². The van der Waals surface area contributed by atoms with Crippen LogP contribution in [-0.2, 0) is 13.5 Å². The molecule has 2 aromatic rings. The molecule has 0 fully saturated rings. The Hall–Kier alpha value is -1.76. The number of aryl methyl sites for hydroxylation is 1. The van der Waals surface area contributed by atoms with Gasteiger partial charge in [-0.15, -0.1) is 0 Å². The lowest BCUT2D eigenvalue weighted by Crippen LogP contribution is -2.26. The summed E-state index contributed by atoms with van der Waals surface area (Å²) < 4.78 is 2.27. The van der Waals surface area contributed by atoms with Crippen LogP contribution < -0.4 is 5.32 Å². The molecule has 0 saturated heterocycles. The molecule has 18 heavy (non-hydrogen) atoms. The number of pyridine rings is 1. The molecule has 1 N–H and O–H groups in total. The second kappa shape index (κ2) is 5.72. The summed E-state index contributed by atoms with van der Waals surface area (Å²) in [5.41, 5.74) is 0.387. The van der Waals surface area contributed by atoms with E-state index in [1.54, 1.807) is 36.3 Å². The number of amides is 1. The first-order valence-corrected chi connectivity index (χ1v) is 6.20. The molecular formula is C11H12BrN5O. The number of aromatic nitrogens is 4. The van der Waals surface area contributed by atoms with Crippen LogP contribution in [0.25, 0.3) is 0 Å². The standard InChI is InChI=1S/C11H12BrN5O/c1-17-7-14-10(16-17)5-6-13-11(18)8-3-2-4-9(12)15-8/h2-4,7H,5-6H2,1H3,(H,13,18). The van der Waals surface area contributed by atoms with Crippen molar-refractivity contribution < 1.29 is 4.79 Å². The van der Waals surface area contributed by atoms with E-state index in [-0.39, 0.29) is 5.91 Å². The van der Waals surface area contributed by atoms with Gasteiger partial charge in [-0.05, 0) is 28.1 Å². The second-order valence-corrected chi connectivity index (χ2v) is 4.50. The monoisotopic (exact) mass is 309 g/mol. The highest BCUT2D eigenvalue weighted by atomic mass is 79.9. The summed E-state index contributed by atoms with van der Waals surface area (Å²) in [6.45, 7) is 0.483. The summed E-state index contributed by atoms with van der Waals surface area (Å²) in [4.78, 5) is 19.9. The van der Waals surface area contributed by atoms with E-state index < -0.39 is 0 Å². The lowest BCUT2D eigenvalue weighted by Gasteiger charge is -2.03. The zero-order valence-corrected chi connectivity index (χ0v) is 11.4. The quantitative estimate of drug-likeness (QED) is 0.853. The van der Waals surface area contributed by atoms with Gasteiger partial charge < -0.3 is 5.32 Å². The molecule has 0 saturated carbocycles. The molecule has 2 rings (SSSR count). The molecule has 2 heterocycles. The topological polar surface area (TPSA) is 72.7 Å². The fourth-order valence-electron chi connectivity index (χ4n) is 1.41. The highest BCUT2D eigenvalue weighted by molar-refractivity contribution is 9.10. The van der Waals surface area contributed by atoms with Crippen molar-refractivity contribution in [2.75, 3.05) is 6.54 Å². The molecule has 0 bridgehead atoms. The van der Waals surface area contributed by atoms with Crippen molar-refractivity contribution in [1.29, 1.82) is 0 Å². The molecular weight excluding hydrogens is 298 g/mol. The van der Waals surface area contributed by atoms with Crippen molar-refractivity contribution in [3.05, 3.63) is 40.6 Å². The third-order valence-electron chi connectivity index (χ3n) is 2.23. The van der Waals surface area contributed by atoms with E-state index in [9.17, 15) is 4.79 Å². The lowest BCUT2D eigenvalue weighted by atomic mass is 10.3. The average molecular weight is 310 g/mol. The van der Waals surface area contributed by atoms with Gasteiger partial charge in [0.1, 0.15) is 16.6 Å². The van der Waals surface area contributed by atoms with Gasteiger partial charge in [-0.25, -0.2) is 9.97 Å². The van der Waals surface area contributed by atoms with E-state index in [1.807, 2.05) is 0 Å². The predicted octanol–water partition coefficient (Wildman–Crippen LogP) is 0.945. The summed E-state index contributed by atoms with van der Waals surface area (Å²) in [6, 6.07) is 5.21. The van der Waals surface area contributed by atoms with Gasteiger partial charge >= 0.3 is 0 Å². The lowest BCUT2D eigenvalue weighted by molar-refractivity contribution is 0.0949. The predicted molar refractivity (Wildman–Crippen MR) is 69.0 cm³/mol. The van der Waals surface area contributed by atoms with Crippen molar-refractivity contribution in [3.63, 3.8) is 0 Å². The Morgan fingerprint density at radius 1 is 1.50 bits per heavy atom. The number of rotatable bonds is 4. The smallest absolute Gasteiger partial charge is 0.269 e. The maximum absolute atomic E-state index is 11.8. The SMILES string of the molecule is Cn1cnc(CCNC(=O)c2cccc(Br)n2)n1. The highest BCUT2D eigenvalue weighted by Gasteiger charge is 2.07. The van der Waals surface area contributed by atoms with Crippen molar-refractivity contribution in [1.82, 2.24) is 25.1 Å². The van der Waals surface area contributed by atoms with Crippen LogP contribution in [0.15, 0.2) is 29.1 Å². The van der Waals surface area contributed by atoms with Crippen LogP contribution in [0.3, 0.4) is 0 Å². The summed E-state index contributed by atoms with van der Waals surface area (Å²) in [5.74, 6) is 0.507. The summed E-state index contributed by atoms with van der Waals surface area (Å²) in [7, 11) is 1.81. The third-order valence-corrected chi connectivity index (χ3v) is 2.67. The Morgan fingerprint density at radius 2 is 2.33 bits per heavy atom. The number of halogens is 1. The van der Waals surface area contributed by atoms with Gasteiger partial charge in [-0.2, -0.15) is 5.10 Å². The fraction of sp³-hybridized carbons (Fsp3) is 0.273. The van der Waals surface area contributed by atoms with Crippen LogP contribution in [-0.4, -0.2) is 32.2 Å². The van der Waals surface area contributed by atoms with Gasteiger partial charge in [0, 0.05) is 20.0 Å². The van der Waals surface area contributed by atoms with E-state index in [0.717, 1.165) is 0 Å². The molecule has 0 atom stereocenters. The molecule has 0 aliphatic rings. The molecule has 94 valence electrons. The van der Waals surface area contributed by atoms with Crippen LogP contribution in [0.5, 0.6) is 0 Å². The highest BCUT2D eigenvalue weighted by Crippen LogP contribution is 2.05. The van der Waals surface area contributed by atoms with Crippen LogP contribution in [0.2, 0.25) is 0 Å². The maximum atomic E-state index is 11.8. The minimum atomic E-state index is -0.202. The maximum Gasteiger partial charge on any atom is 0.269 e. The first-order valence-electron chi connectivity index (χ1n) is 5.40. The Morgan fingerprint density at radius 3 is 3.00 bits per heavy atom. The van der Waals surface area contributed by atoms with Crippen LogP contribution >= 0.6 is 15.9 Å². The van der Waals surface area contributed by atoms with Gasteiger partial charge in [-0.3, -0.25) is 9.48 Å². The van der Waals surface area contributed by atoms with Crippen LogP contribution in [0.1, 0.15) is 16.3 Å². The van der Waals surface area contributed by atoms with E-state index in [4.69, 9.17) is 0 Å². The fourth-order valence-corrected chi connectivity index (χ4v) is 1.76. The molecule has 7 heteroatoms. The molecule has 0 aliphatic heterocycles. The largest absolute Gasteiger partial charge is 0.350 e. The van der Waals surface area contributed by atoms with Crippen molar-refractivity contribution in [3.8, 4) is 0 Å². The molecule has 0 aromatic carbocycles. The van der Waals surface area contributed by atoms with Gasteiger partial charge in [0.15, 0.2) is 5.82 Å². The van der Waals surface area contributed by atoms with Gasteiger partial charge in [0.2, 0.25) is 0 Å². The molecule has 0 unspecified atom stereocenters. The zero-order chi connectivity index (χ0) is 13.0. The number of hydrogen-bond donors (Lipinski definition) is 1. The minimum absolute atomic E-state index is 0.202. The van der Waals surface area contributed by atoms with E-state index in [1.165, 1.54) is 0 Å². The third kappa shape index (κ3) is 3.36. The Kier molecular flexibility index (Phi) is 4.03. The number of nitrogens with one attached hydrogen (secondary N) is 1. The molecule has 0 spiro atoms. The number of carbonyl (C=O) groups is 1. The van der Waals surface area contributed by atoms with Crippen molar-refractivity contribution in [2.45, 2.75) is 6.42 Å². The average Bonchev–Trinajstić information content (AvgIpc) is 2.75. The molecule has 0 radical (unpaired) electrons. The Bertz CT molecular complexity index is 554. The van der Waals surface area contributed by atoms with E-state index >= 15 is 0 Å². The normalized spacial score (nSPS) is 10.3. The van der Waals surface area contributed by atoms with Gasteiger partial charge in [0.25, 0.3) is 5.91 Å². The Labute approximate surface area is 113 Å². The molecule has 1 amide bonds. The Balaban J connectivity index is 1.85. The number of hydrogen-bond acceptors (Lipinski definition) is 4. The summed E-state index contributed by atoms with van der Waals surface area (Å²) in [6.07, 6.45) is 2.23. The number of nitrogens with zero attached hydrogens (tertiary/aromatic N) is 4. The molecule has 2 aromatic heterocycles. The van der Waals surface area contributed by atoms with E-state index in [2.05, 4.69) is 36.3 Å². The summed E-state index contributed by atoms with van der Waals surface area (Å²) >= 11 is 3.22. The van der Waals surface area contributed by atoms with E-state index in [0.29, 0.717) is 29.1 Å². The minimum Gasteiger partial charge on any atom is -0.350 e. The van der Waals surface area contributed by atoms with Crippen LogP contribution in [0, 0.1) is 0 Å². The first-order chi connectivity index (χ1) is 8.65. The number of carbonyl (C=O) groups excluding carboxylic acids is 1. The van der Waals surface area contributed by atoms with Crippen molar-refractivity contribution in [2.24, 2.45) is 7.05 Å². The molecule has 0 aliphatic carbocycles. The van der Waals surface area contributed by atoms with Gasteiger partial charge in [0.05, 0.1) is 0 Å².